The number of hydrogen-bond acceptors (Lipinski definition) is 5. The maximum absolute atomic E-state index is 6.17. The summed E-state index contributed by atoms with van der Waals surface area (Å²) in [6.07, 6.45) is 2.03. The number of rotatable bonds is 3. The quantitative estimate of drug-likeness (QED) is 0.938. The second-order valence-corrected chi connectivity index (χ2v) is 5.65. The van der Waals surface area contributed by atoms with Gasteiger partial charge in [0.05, 0.1) is 37.4 Å². The summed E-state index contributed by atoms with van der Waals surface area (Å²) in [5, 5.41) is 0. The monoisotopic (exact) mass is 291 g/mol. The van der Waals surface area contributed by atoms with Crippen LogP contribution in [-0.2, 0) is 10.3 Å². The molecule has 2 aromatic rings. The van der Waals surface area contributed by atoms with Crippen molar-refractivity contribution in [1.29, 1.82) is 0 Å². The minimum atomic E-state index is -0.184. The zero-order valence-corrected chi connectivity index (χ0v) is 12.7. The molecule has 6 nitrogen and oxygen atoms in total. The van der Waals surface area contributed by atoms with E-state index < -0.39 is 0 Å². The molecule has 1 saturated heterocycles. The molecule has 6 heteroatoms. The molecule has 1 aromatic heterocycles. The summed E-state index contributed by atoms with van der Waals surface area (Å²) in [7, 11) is 3.24. The van der Waals surface area contributed by atoms with Crippen LogP contribution in [0.5, 0.6) is 11.5 Å². The lowest BCUT2D eigenvalue weighted by Crippen LogP contribution is -2.39. The van der Waals surface area contributed by atoms with Crippen molar-refractivity contribution in [2.24, 2.45) is 0 Å². The summed E-state index contributed by atoms with van der Waals surface area (Å²) in [6.45, 7) is 3.59. The number of imidazole rings is 1. The zero-order valence-electron chi connectivity index (χ0n) is 12.7. The summed E-state index contributed by atoms with van der Waals surface area (Å²) in [4.78, 5) is 4.47. The van der Waals surface area contributed by atoms with Gasteiger partial charge in [0.15, 0.2) is 11.5 Å². The van der Waals surface area contributed by atoms with Crippen molar-refractivity contribution in [2.75, 3.05) is 33.2 Å². The molecule has 1 aliphatic heterocycles. The number of anilines is 1. The summed E-state index contributed by atoms with van der Waals surface area (Å²) in [6, 6.07) is 3.78. The highest BCUT2D eigenvalue weighted by Crippen LogP contribution is 2.38. The van der Waals surface area contributed by atoms with Gasteiger partial charge in [-0.05, 0) is 19.8 Å². The molecule has 0 saturated carbocycles. The summed E-state index contributed by atoms with van der Waals surface area (Å²) >= 11 is 0. The normalized spacial score (nSPS) is 22.4. The highest BCUT2D eigenvalue weighted by Gasteiger charge is 2.33. The summed E-state index contributed by atoms with van der Waals surface area (Å²) in [5.74, 6) is 1.82. The number of hydrogen-bond donors (Lipinski definition) is 1. The second kappa shape index (κ2) is 5.11. The van der Waals surface area contributed by atoms with E-state index in [0.717, 1.165) is 30.5 Å². The largest absolute Gasteiger partial charge is 0.493 e. The predicted molar refractivity (Wildman–Crippen MR) is 81.0 cm³/mol. The Bertz CT molecular complexity index is 660. The third kappa shape index (κ3) is 2.19. The first-order valence-corrected chi connectivity index (χ1v) is 7.07. The van der Waals surface area contributed by atoms with E-state index in [2.05, 4.69) is 16.5 Å². The summed E-state index contributed by atoms with van der Waals surface area (Å²) < 4.78 is 18.4. The third-order valence-electron chi connectivity index (χ3n) is 4.14. The van der Waals surface area contributed by atoms with E-state index in [0.29, 0.717) is 24.1 Å². The average Bonchev–Trinajstić information content (AvgIpc) is 2.81. The number of benzene rings is 1. The SMILES string of the molecule is COc1cc2nc(N)n(C3(C)CCCOC3)c2cc1OC. The molecule has 1 aromatic carbocycles. The van der Waals surface area contributed by atoms with Crippen molar-refractivity contribution in [1.82, 2.24) is 9.55 Å². The van der Waals surface area contributed by atoms with E-state index in [4.69, 9.17) is 19.9 Å². The third-order valence-corrected chi connectivity index (χ3v) is 4.14. The maximum atomic E-state index is 6.17. The standard InChI is InChI=1S/C15H21N3O3/c1-15(5-4-6-21-9-15)18-11-8-13(20-3)12(19-2)7-10(11)17-14(18)16/h7-8H,4-6,9H2,1-3H3,(H2,16,17). The molecule has 3 rings (SSSR count). The molecule has 0 aliphatic carbocycles. The van der Waals surface area contributed by atoms with E-state index in [1.54, 1.807) is 14.2 Å². The van der Waals surface area contributed by atoms with Gasteiger partial charge in [-0.25, -0.2) is 4.98 Å². The van der Waals surface area contributed by atoms with Gasteiger partial charge in [0.25, 0.3) is 0 Å². The van der Waals surface area contributed by atoms with Gasteiger partial charge in [0.2, 0.25) is 5.95 Å². The van der Waals surface area contributed by atoms with Gasteiger partial charge in [0.1, 0.15) is 0 Å². The molecular weight excluding hydrogens is 270 g/mol. The smallest absolute Gasteiger partial charge is 0.201 e. The fourth-order valence-corrected chi connectivity index (χ4v) is 3.09. The minimum absolute atomic E-state index is 0.184. The fourth-order valence-electron chi connectivity index (χ4n) is 3.09. The highest BCUT2D eigenvalue weighted by molar-refractivity contribution is 5.83. The topological polar surface area (TPSA) is 71.5 Å². The van der Waals surface area contributed by atoms with E-state index in [1.165, 1.54) is 0 Å². The van der Waals surface area contributed by atoms with Gasteiger partial charge in [-0.15, -0.1) is 0 Å². The molecule has 0 bridgehead atoms. The number of fused-ring (bicyclic) bond motifs is 1. The molecule has 0 spiro atoms. The number of nitrogens with zero attached hydrogens (tertiary/aromatic N) is 2. The first-order valence-electron chi connectivity index (χ1n) is 7.07. The molecule has 114 valence electrons. The lowest BCUT2D eigenvalue weighted by molar-refractivity contribution is 0.0124. The van der Waals surface area contributed by atoms with Gasteiger partial charge in [0, 0.05) is 18.7 Å². The molecule has 21 heavy (non-hydrogen) atoms. The second-order valence-electron chi connectivity index (χ2n) is 5.65. The van der Waals surface area contributed by atoms with Crippen molar-refractivity contribution in [2.45, 2.75) is 25.3 Å². The molecule has 2 heterocycles. The van der Waals surface area contributed by atoms with Crippen LogP contribution in [0.1, 0.15) is 19.8 Å². The molecule has 1 fully saturated rings. The Balaban J connectivity index is 2.20. The first-order chi connectivity index (χ1) is 10.1. The Morgan fingerprint density at radius 2 is 2.00 bits per heavy atom. The van der Waals surface area contributed by atoms with Crippen LogP contribution in [0.25, 0.3) is 11.0 Å². The van der Waals surface area contributed by atoms with Crippen molar-refractivity contribution in [3.05, 3.63) is 12.1 Å². The summed E-state index contributed by atoms with van der Waals surface area (Å²) in [5.41, 5.74) is 7.73. The van der Waals surface area contributed by atoms with Crippen LogP contribution in [0, 0.1) is 0 Å². The van der Waals surface area contributed by atoms with Crippen molar-refractivity contribution < 1.29 is 14.2 Å². The average molecular weight is 291 g/mol. The van der Waals surface area contributed by atoms with Crippen LogP contribution in [0.4, 0.5) is 5.95 Å². The lowest BCUT2D eigenvalue weighted by atomic mass is 9.94. The highest BCUT2D eigenvalue weighted by atomic mass is 16.5. The Morgan fingerprint density at radius 1 is 1.29 bits per heavy atom. The Hall–Kier alpha value is -1.95. The van der Waals surface area contributed by atoms with Crippen LogP contribution >= 0.6 is 0 Å². The van der Waals surface area contributed by atoms with Crippen LogP contribution in [-0.4, -0.2) is 37.0 Å². The first kappa shape index (κ1) is 14.0. The Kier molecular flexibility index (Phi) is 3.41. The van der Waals surface area contributed by atoms with Crippen LogP contribution < -0.4 is 15.2 Å². The molecule has 1 atom stereocenters. The zero-order chi connectivity index (χ0) is 15.0. The van der Waals surface area contributed by atoms with E-state index in [1.807, 2.05) is 12.1 Å². The van der Waals surface area contributed by atoms with Gasteiger partial charge in [-0.3, -0.25) is 0 Å². The number of ether oxygens (including phenoxy) is 3. The fraction of sp³-hybridized carbons (Fsp3) is 0.533. The number of methoxy groups -OCH3 is 2. The van der Waals surface area contributed by atoms with Crippen molar-refractivity contribution >= 4 is 17.0 Å². The molecule has 0 radical (unpaired) electrons. The van der Waals surface area contributed by atoms with E-state index in [9.17, 15) is 0 Å². The number of aromatic nitrogens is 2. The molecular formula is C15H21N3O3. The molecule has 1 aliphatic rings. The van der Waals surface area contributed by atoms with E-state index >= 15 is 0 Å². The van der Waals surface area contributed by atoms with Gasteiger partial charge >= 0.3 is 0 Å². The van der Waals surface area contributed by atoms with E-state index in [-0.39, 0.29) is 5.54 Å². The van der Waals surface area contributed by atoms with Crippen molar-refractivity contribution in [3.63, 3.8) is 0 Å². The van der Waals surface area contributed by atoms with Crippen molar-refractivity contribution in [3.8, 4) is 11.5 Å². The Morgan fingerprint density at radius 3 is 2.62 bits per heavy atom. The predicted octanol–water partition coefficient (Wildman–Crippen LogP) is 2.16. The van der Waals surface area contributed by atoms with Gasteiger partial charge in [-0.2, -0.15) is 0 Å². The minimum Gasteiger partial charge on any atom is -0.493 e. The van der Waals surface area contributed by atoms with Gasteiger partial charge in [-0.1, -0.05) is 0 Å². The van der Waals surface area contributed by atoms with Crippen LogP contribution in [0.2, 0.25) is 0 Å². The lowest BCUT2D eigenvalue weighted by Gasteiger charge is -2.36. The number of nitrogens with two attached hydrogens (primary N) is 1. The molecule has 2 N–H and O–H groups in total. The molecule has 0 amide bonds. The number of nitrogen functional groups attached to an aromatic ring is 1. The van der Waals surface area contributed by atoms with Crippen LogP contribution in [0.3, 0.4) is 0 Å². The molecule has 1 unspecified atom stereocenters. The Labute approximate surface area is 123 Å². The van der Waals surface area contributed by atoms with Gasteiger partial charge < -0.3 is 24.5 Å². The van der Waals surface area contributed by atoms with Crippen LogP contribution in [0.15, 0.2) is 12.1 Å². The maximum Gasteiger partial charge on any atom is 0.201 e.